The number of hydrogen-bond acceptors (Lipinski definition) is 14. The average molecular weight is 1120 g/mol. The van der Waals surface area contributed by atoms with Gasteiger partial charge in [0.2, 0.25) is 53.2 Å². The number of nitrogens with two attached hydrogens (primary N) is 1. The van der Waals surface area contributed by atoms with E-state index in [-0.39, 0.29) is 37.1 Å². The molecule has 0 saturated carbocycles. The van der Waals surface area contributed by atoms with Gasteiger partial charge in [0.1, 0.15) is 31.5 Å². The molecule has 1 fully saturated rings. The Morgan fingerprint density at radius 1 is 0.738 bits per heavy atom. The number of aliphatic hydroxyl groups is 1. The van der Waals surface area contributed by atoms with Crippen LogP contribution in [0.2, 0.25) is 0 Å². The second kappa shape index (κ2) is 33.9. The fourth-order valence-electron chi connectivity index (χ4n) is 10.0. The normalized spacial score (nSPS) is 17.1. The number of ether oxygens (including phenoxy) is 3. The van der Waals surface area contributed by atoms with E-state index in [0.717, 1.165) is 5.56 Å². The molecule has 0 spiro atoms. The Balaban J connectivity index is 1.63. The summed E-state index contributed by atoms with van der Waals surface area (Å²) in [4.78, 5) is 125. The zero-order valence-corrected chi connectivity index (χ0v) is 48.8. The number of nitrogens with one attached hydrogen (secondary N) is 6. The molecule has 0 unspecified atom stereocenters. The van der Waals surface area contributed by atoms with Gasteiger partial charge in [0.25, 0.3) is 0 Å². The molecule has 2 aromatic carbocycles. The number of hydrogen-bond donors (Lipinski definition) is 8. The number of likely N-dealkylation sites (N-methyl/N-ethyl adjacent to an activating group) is 2. The first kappa shape index (κ1) is 67.7. The first-order valence-corrected chi connectivity index (χ1v) is 27.6. The van der Waals surface area contributed by atoms with Gasteiger partial charge < -0.3 is 71.7 Å². The van der Waals surface area contributed by atoms with Crippen LogP contribution in [0.3, 0.4) is 0 Å². The highest BCUT2D eigenvalue weighted by Crippen LogP contribution is 2.30. The third-order valence-electron chi connectivity index (χ3n) is 14.8. The van der Waals surface area contributed by atoms with Crippen LogP contribution in [-0.2, 0) is 63.8 Å². The van der Waals surface area contributed by atoms with Crippen molar-refractivity contribution in [2.75, 3.05) is 67.8 Å². The monoisotopic (exact) mass is 1120 g/mol. The summed E-state index contributed by atoms with van der Waals surface area (Å²) in [7, 11) is 6.07. The van der Waals surface area contributed by atoms with Gasteiger partial charge in [0, 0.05) is 41.3 Å². The molecule has 23 nitrogen and oxygen atoms in total. The maximum atomic E-state index is 14.7. The highest BCUT2D eigenvalue weighted by molar-refractivity contribution is 5.94. The van der Waals surface area contributed by atoms with Crippen LogP contribution >= 0.6 is 0 Å². The fraction of sp³-hybridized carbons (Fsp3) is 0.632. The Labute approximate surface area is 471 Å². The highest BCUT2D eigenvalue weighted by Gasteiger charge is 2.44. The summed E-state index contributed by atoms with van der Waals surface area (Å²) in [5.41, 5.74) is 6.68. The van der Waals surface area contributed by atoms with Crippen LogP contribution < -0.4 is 37.6 Å². The molecule has 1 aliphatic rings. The van der Waals surface area contributed by atoms with E-state index in [9.17, 15) is 48.3 Å². The van der Waals surface area contributed by atoms with E-state index in [1.54, 1.807) is 101 Å². The molecule has 11 atom stereocenters. The lowest BCUT2D eigenvalue weighted by Gasteiger charge is -2.41. The maximum absolute atomic E-state index is 14.7. The number of carbonyl (C=O) groups is 9. The van der Waals surface area contributed by atoms with Gasteiger partial charge in [-0.1, -0.05) is 116 Å². The summed E-state index contributed by atoms with van der Waals surface area (Å²) in [6.45, 7) is 12.8. The van der Waals surface area contributed by atoms with Crippen LogP contribution in [0.15, 0.2) is 60.7 Å². The lowest BCUT2D eigenvalue weighted by Crippen LogP contribution is -2.60. The number of aliphatic hydroxyl groups excluding tert-OH is 1. The SMILES string of the molecule is CC[C@H](C)[C@@H]([C@@H](CC(=O)N1CCC[C@H]1[C@H](OC)[C@@H](C)C(=O)N[C@H](C)[C@@H](O)c1ccccc1)OC)N(C)C(=O)[C@@H](NC(=O)[C@H](C(C)C)N(C)C(=O)COCNC(=O)CNC(=O)[C@H](Cc1ccccc1)NC(=O)CNC(=O)CN)C(C)C. The largest absolute Gasteiger partial charge is 0.386 e. The predicted octanol–water partition coefficient (Wildman–Crippen LogP) is 0.778. The van der Waals surface area contributed by atoms with Crippen molar-refractivity contribution in [1.29, 1.82) is 0 Å². The summed E-state index contributed by atoms with van der Waals surface area (Å²) in [6, 6.07) is 13.1. The van der Waals surface area contributed by atoms with Crippen LogP contribution in [0.25, 0.3) is 0 Å². The van der Waals surface area contributed by atoms with Gasteiger partial charge in [-0.3, -0.25) is 43.2 Å². The zero-order chi connectivity index (χ0) is 59.8. The van der Waals surface area contributed by atoms with E-state index in [4.69, 9.17) is 19.9 Å². The molecule has 80 heavy (non-hydrogen) atoms. The minimum Gasteiger partial charge on any atom is -0.386 e. The van der Waals surface area contributed by atoms with Crippen molar-refractivity contribution in [3.63, 3.8) is 0 Å². The lowest BCUT2D eigenvalue weighted by molar-refractivity contribution is -0.149. The topological polar surface area (TPSA) is 309 Å². The summed E-state index contributed by atoms with van der Waals surface area (Å²) in [6.07, 6.45) is -0.447. The molecule has 0 aliphatic carbocycles. The van der Waals surface area contributed by atoms with Crippen molar-refractivity contribution < 1.29 is 62.5 Å². The van der Waals surface area contributed by atoms with E-state index >= 15 is 0 Å². The van der Waals surface area contributed by atoms with Crippen molar-refractivity contribution in [1.82, 2.24) is 46.6 Å². The number of amides is 9. The van der Waals surface area contributed by atoms with E-state index in [2.05, 4.69) is 31.9 Å². The molecular weight excluding hydrogens is 1030 g/mol. The van der Waals surface area contributed by atoms with E-state index in [1.807, 2.05) is 32.0 Å². The van der Waals surface area contributed by atoms with Gasteiger partial charge in [0.05, 0.1) is 68.4 Å². The molecule has 0 radical (unpaired) electrons. The number of methoxy groups -OCH3 is 2. The quantitative estimate of drug-likeness (QED) is 0.0362. The third-order valence-corrected chi connectivity index (χ3v) is 14.8. The Hall–Kier alpha value is -6.53. The Morgan fingerprint density at radius 2 is 1.36 bits per heavy atom. The van der Waals surface area contributed by atoms with Gasteiger partial charge in [-0.15, -0.1) is 0 Å². The number of likely N-dealkylation sites (tertiary alicyclic amines) is 1. The number of carbonyl (C=O) groups excluding carboxylic acids is 9. The van der Waals surface area contributed by atoms with Crippen LogP contribution in [0.1, 0.15) is 98.3 Å². The van der Waals surface area contributed by atoms with Gasteiger partial charge in [0.15, 0.2) is 0 Å². The minimum atomic E-state index is -1.09. The standard InChI is InChI=1S/C57H90N10O13/c1-13-36(6)51(43(78-11)28-47(71)67-26-20-25-42(67)53(79-12)37(7)54(74)62-38(8)52(73)40-23-18-15-19-24-40)66(10)57(77)49(34(2)3)64-56(76)50(35(4)5)65(9)48(72)32-80-33-61-45(69)30-60-55(75)41(27-39-21-16-14-17-22-39)63-46(70)31-59-44(68)29-58/h14-19,21-24,34-38,41-43,49-53,73H,13,20,25-33,58H2,1-12H3,(H,59,68)(H,60,75)(H,61,69)(H,62,74)(H,63,70)(H,64,76)/t36-,37+,38+,41-,42-,43+,49-,50-,51-,52+,53+/m0/s1. The van der Waals surface area contributed by atoms with Crippen molar-refractivity contribution in [2.45, 2.75) is 142 Å². The third kappa shape index (κ3) is 20.2. The average Bonchev–Trinajstić information content (AvgIpc) is 3.93. The fourth-order valence-corrected chi connectivity index (χ4v) is 10.0. The number of rotatable bonds is 33. The molecule has 2 aromatic rings. The summed E-state index contributed by atoms with van der Waals surface area (Å²) in [5.74, 6) is -6.36. The van der Waals surface area contributed by atoms with Crippen molar-refractivity contribution in [2.24, 2.45) is 29.4 Å². The van der Waals surface area contributed by atoms with E-state index in [0.29, 0.717) is 31.4 Å². The van der Waals surface area contributed by atoms with Crippen LogP contribution in [0, 0.1) is 23.7 Å². The molecule has 446 valence electrons. The molecule has 9 N–H and O–H groups in total. The Morgan fingerprint density at radius 3 is 1.94 bits per heavy atom. The zero-order valence-electron chi connectivity index (χ0n) is 48.8. The lowest BCUT2D eigenvalue weighted by atomic mass is 9.89. The van der Waals surface area contributed by atoms with E-state index < -0.39 is 140 Å². The van der Waals surface area contributed by atoms with Crippen LogP contribution in [-0.4, -0.2) is 189 Å². The highest BCUT2D eigenvalue weighted by atomic mass is 16.5. The van der Waals surface area contributed by atoms with Crippen LogP contribution in [0.4, 0.5) is 0 Å². The van der Waals surface area contributed by atoms with E-state index in [1.165, 1.54) is 26.2 Å². The second-order valence-corrected chi connectivity index (χ2v) is 21.3. The predicted molar refractivity (Wildman–Crippen MR) is 299 cm³/mol. The van der Waals surface area contributed by atoms with Gasteiger partial charge in [-0.05, 0) is 48.6 Å². The van der Waals surface area contributed by atoms with Crippen molar-refractivity contribution in [3.8, 4) is 0 Å². The molecule has 0 bridgehead atoms. The van der Waals surface area contributed by atoms with Crippen molar-refractivity contribution in [3.05, 3.63) is 71.8 Å². The molecule has 1 heterocycles. The van der Waals surface area contributed by atoms with Gasteiger partial charge in [-0.25, -0.2) is 0 Å². The number of benzene rings is 2. The van der Waals surface area contributed by atoms with Crippen LogP contribution in [0.5, 0.6) is 0 Å². The minimum absolute atomic E-state index is 0.0862. The summed E-state index contributed by atoms with van der Waals surface area (Å²) >= 11 is 0. The summed E-state index contributed by atoms with van der Waals surface area (Å²) < 4.78 is 17.5. The second-order valence-electron chi connectivity index (χ2n) is 21.3. The van der Waals surface area contributed by atoms with Gasteiger partial charge in [-0.2, -0.15) is 0 Å². The molecule has 1 saturated heterocycles. The van der Waals surface area contributed by atoms with Crippen molar-refractivity contribution >= 4 is 53.2 Å². The molecule has 1 aliphatic heterocycles. The smallest absolute Gasteiger partial charge is 0.249 e. The maximum Gasteiger partial charge on any atom is 0.249 e. The Kier molecular flexibility index (Phi) is 28.7. The number of nitrogens with zero attached hydrogens (tertiary/aromatic N) is 3. The van der Waals surface area contributed by atoms with Gasteiger partial charge >= 0.3 is 0 Å². The molecule has 23 heteroatoms. The molecular formula is C57H90N10O13. The summed E-state index contributed by atoms with van der Waals surface area (Å²) in [5, 5.41) is 26.6. The first-order valence-electron chi connectivity index (χ1n) is 27.6. The first-order chi connectivity index (χ1) is 37.9. The molecule has 0 aromatic heterocycles. The molecule has 9 amide bonds. The Bertz CT molecular complexity index is 2330. The molecule has 3 rings (SSSR count).